The third kappa shape index (κ3) is 3.18. The molecule has 0 spiro atoms. The van der Waals surface area contributed by atoms with Crippen LogP contribution in [0.4, 0.5) is 5.69 Å². The molecule has 3 rings (SSSR count). The Morgan fingerprint density at radius 2 is 1.54 bits per heavy atom. The zero-order chi connectivity index (χ0) is 18.7. The van der Waals surface area contributed by atoms with E-state index in [-0.39, 0.29) is 18.4 Å². The van der Waals surface area contributed by atoms with Gasteiger partial charge in [-0.25, -0.2) is 9.69 Å². The average molecular weight is 353 g/mol. The number of hydrogen-bond donors (Lipinski definition) is 0. The zero-order valence-corrected chi connectivity index (χ0v) is 14.6. The van der Waals surface area contributed by atoms with Crippen molar-refractivity contribution in [3.05, 3.63) is 59.7 Å². The summed E-state index contributed by atoms with van der Waals surface area (Å²) in [5.41, 5.74) is 1.24. The summed E-state index contributed by atoms with van der Waals surface area (Å²) in [4.78, 5) is 37.9. The van der Waals surface area contributed by atoms with Crippen LogP contribution in [-0.2, 0) is 9.53 Å². The molecule has 0 saturated heterocycles. The number of fused-ring (bicyclic) bond motifs is 1. The fourth-order valence-corrected chi connectivity index (χ4v) is 2.80. The van der Waals surface area contributed by atoms with E-state index < -0.39 is 12.1 Å². The first-order chi connectivity index (χ1) is 12.6. The topological polar surface area (TPSA) is 72.9 Å². The Morgan fingerprint density at radius 3 is 2.04 bits per heavy atom. The molecule has 0 aliphatic carbocycles. The summed E-state index contributed by atoms with van der Waals surface area (Å²) in [6, 6.07) is 13.2. The minimum Gasteiger partial charge on any atom is -0.479 e. The molecule has 0 unspecified atom stereocenters. The second-order valence-corrected chi connectivity index (χ2v) is 5.75. The summed E-state index contributed by atoms with van der Waals surface area (Å²) < 4.78 is 10.6. The van der Waals surface area contributed by atoms with Crippen LogP contribution in [0.25, 0.3) is 0 Å². The quantitative estimate of drug-likeness (QED) is 0.589. The summed E-state index contributed by atoms with van der Waals surface area (Å²) in [7, 11) is 0. The largest absolute Gasteiger partial charge is 0.479 e. The van der Waals surface area contributed by atoms with E-state index in [9.17, 15) is 14.4 Å². The molecule has 1 aliphatic rings. The molecule has 1 heterocycles. The third-order valence-electron chi connectivity index (χ3n) is 4.09. The van der Waals surface area contributed by atoms with E-state index in [4.69, 9.17) is 9.47 Å². The van der Waals surface area contributed by atoms with Crippen molar-refractivity contribution < 1.29 is 23.9 Å². The second kappa shape index (κ2) is 7.39. The lowest BCUT2D eigenvalue weighted by atomic mass is 10.1. The van der Waals surface area contributed by atoms with Gasteiger partial charge in [0.1, 0.15) is 5.75 Å². The molecule has 2 aromatic rings. The van der Waals surface area contributed by atoms with E-state index in [2.05, 4.69) is 0 Å². The highest BCUT2D eigenvalue weighted by molar-refractivity contribution is 6.34. The van der Waals surface area contributed by atoms with Crippen molar-refractivity contribution in [2.45, 2.75) is 26.4 Å². The first kappa shape index (κ1) is 17.7. The molecule has 2 amide bonds. The van der Waals surface area contributed by atoms with E-state index in [1.807, 2.05) is 6.92 Å². The van der Waals surface area contributed by atoms with Gasteiger partial charge in [-0.3, -0.25) is 9.59 Å². The van der Waals surface area contributed by atoms with Crippen LogP contribution in [0, 0.1) is 0 Å². The maximum Gasteiger partial charge on any atom is 0.347 e. The summed E-state index contributed by atoms with van der Waals surface area (Å²) >= 11 is 0. The predicted molar refractivity (Wildman–Crippen MR) is 95.4 cm³/mol. The second-order valence-electron chi connectivity index (χ2n) is 5.75. The Bertz CT molecular complexity index is 809. The van der Waals surface area contributed by atoms with E-state index in [1.165, 1.54) is 0 Å². The molecule has 0 radical (unpaired) electrons. The summed E-state index contributed by atoms with van der Waals surface area (Å²) in [5, 5.41) is 0. The molecule has 0 bridgehead atoms. The van der Waals surface area contributed by atoms with Crippen LogP contribution < -0.4 is 9.64 Å². The molecule has 0 N–H and O–H groups in total. The predicted octanol–water partition coefficient (Wildman–Crippen LogP) is 3.21. The van der Waals surface area contributed by atoms with Crippen molar-refractivity contribution in [3.8, 4) is 5.75 Å². The number of benzene rings is 2. The molecule has 6 nitrogen and oxygen atoms in total. The van der Waals surface area contributed by atoms with Crippen molar-refractivity contribution in [2.24, 2.45) is 0 Å². The maximum absolute atomic E-state index is 12.5. The SMILES string of the molecule is CCOC(=O)[C@H](CC)Oc1ccc(N2C(=O)c3ccccc3C2=O)cc1. The number of amides is 2. The Morgan fingerprint density at radius 1 is 0.962 bits per heavy atom. The third-order valence-corrected chi connectivity index (χ3v) is 4.09. The number of imide groups is 1. The van der Waals surface area contributed by atoms with Crippen LogP contribution in [0.3, 0.4) is 0 Å². The number of rotatable bonds is 6. The van der Waals surface area contributed by atoms with E-state index in [0.29, 0.717) is 29.0 Å². The van der Waals surface area contributed by atoms with E-state index in [0.717, 1.165) is 4.90 Å². The number of esters is 1. The van der Waals surface area contributed by atoms with Crippen LogP contribution >= 0.6 is 0 Å². The number of anilines is 1. The minimum absolute atomic E-state index is 0.289. The normalized spacial score (nSPS) is 14.2. The van der Waals surface area contributed by atoms with Gasteiger partial charge < -0.3 is 9.47 Å². The Kier molecular flexibility index (Phi) is 5.02. The van der Waals surface area contributed by atoms with Gasteiger partial charge >= 0.3 is 5.97 Å². The van der Waals surface area contributed by atoms with Gasteiger partial charge in [-0.05, 0) is 49.7 Å². The summed E-state index contributed by atoms with van der Waals surface area (Å²) in [6.45, 7) is 3.85. The van der Waals surface area contributed by atoms with Crippen LogP contribution in [-0.4, -0.2) is 30.5 Å². The molecule has 0 aromatic heterocycles. The molecule has 2 aromatic carbocycles. The Balaban J connectivity index is 1.77. The number of carbonyl (C=O) groups excluding carboxylic acids is 3. The van der Waals surface area contributed by atoms with Gasteiger partial charge in [0.2, 0.25) is 0 Å². The van der Waals surface area contributed by atoms with Crippen molar-refractivity contribution in [1.82, 2.24) is 0 Å². The fraction of sp³-hybridized carbons (Fsp3) is 0.250. The molecular formula is C20H19NO5. The monoisotopic (exact) mass is 353 g/mol. The Labute approximate surface area is 151 Å². The molecule has 0 saturated carbocycles. The molecule has 0 fully saturated rings. The first-order valence-corrected chi connectivity index (χ1v) is 8.48. The Hall–Kier alpha value is -3.15. The van der Waals surface area contributed by atoms with Gasteiger partial charge in [0.25, 0.3) is 11.8 Å². The first-order valence-electron chi connectivity index (χ1n) is 8.48. The van der Waals surface area contributed by atoms with Crippen molar-refractivity contribution in [3.63, 3.8) is 0 Å². The number of nitrogens with zero attached hydrogens (tertiary/aromatic N) is 1. The number of carbonyl (C=O) groups is 3. The standard InChI is InChI=1S/C20H19NO5/c1-3-17(20(24)25-4-2)26-14-11-9-13(10-12-14)21-18(22)15-7-5-6-8-16(15)19(21)23/h5-12,17H,3-4H2,1-2H3/t17-/m0/s1. The highest BCUT2D eigenvalue weighted by atomic mass is 16.6. The molecule has 1 atom stereocenters. The molecule has 1 aliphatic heterocycles. The van der Waals surface area contributed by atoms with Gasteiger partial charge in [0.15, 0.2) is 6.10 Å². The van der Waals surface area contributed by atoms with Gasteiger partial charge in [0, 0.05) is 0 Å². The maximum atomic E-state index is 12.5. The number of ether oxygens (including phenoxy) is 2. The van der Waals surface area contributed by atoms with Gasteiger partial charge in [-0.1, -0.05) is 19.1 Å². The van der Waals surface area contributed by atoms with Crippen molar-refractivity contribution >= 4 is 23.5 Å². The number of hydrogen-bond acceptors (Lipinski definition) is 5. The van der Waals surface area contributed by atoms with Crippen LogP contribution in [0.2, 0.25) is 0 Å². The van der Waals surface area contributed by atoms with E-state index >= 15 is 0 Å². The van der Waals surface area contributed by atoms with E-state index in [1.54, 1.807) is 55.5 Å². The molecule has 26 heavy (non-hydrogen) atoms. The van der Waals surface area contributed by atoms with Crippen LogP contribution in [0.1, 0.15) is 41.0 Å². The van der Waals surface area contributed by atoms with Crippen molar-refractivity contribution in [1.29, 1.82) is 0 Å². The van der Waals surface area contributed by atoms with Gasteiger partial charge in [0.05, 0.1) is 23.4 Å². The zero-order valence-electron chi connectivity index (χ0n) is 14.6. The summed E-state index contributed by atoms with van der Waals surface area (Å²) in [5.74, 6) is -0.654. The molecule has 134 valence electrons. The summed E-state index contributed by atoms with van der Waals surface area (Å²) in [6.07, 6.45) is -0.223. The average Bonchev–Trinajstić information content (AvgIpc) is 2.91. The minimum atomic E-state index is -0.694. The van der Waals surface area contributed by atoms with Crippen molar-refractivity contribution in [2.75, 3.05) is 11.5 Å². The van der Waals surface area contributed by atoms with Gasteiger partial charge in [-0.2, -0.15) is 0 Å². The lowest BCUT2D eigenvalue weighted by molar-refractivity contribution is -0.151. The van der Waals surface area contributed by atoms with Gasteiger partial charge in [-0.15, -0.1) is 0 Å². The lowest BCUT2D eigenvalue weighted by Crippen LogP contribution is -2.30. The lowest BCUT2D eigenvalue weighted by Gasteiger charge is -2.17. The molecule has 6 heteroatoms. The molecular weight excluding hydrogens is 334 g/mol. The van der Waals surface area contributed by atoms with Crippen LogP contribution in [0.5, 0.6) is 5.75 Å². The highest BCUT2D eigenvalue weighted by Gasteiger charge is 2.36. The fourth-order valence-electron chi connectivity index (χ4n) is 2.80. The smallest absolute Gasteiger partial charge is 0.347 e. The van der Waals surface area contributed by atoms with Crippen LogP contribution in [0.15, 0.2) is 48.5 Å². The highest BCUT2D eigenvalue weighted by Crippen LogP contribution is 2.29.